The van der Waals surface area contributed by atoms with Crippen molar-refractivity contribution in [2.45, 2.75) is 13.6 Å². The van der Waals surface area contributed by atoms with Crippen molar-refractivity contribution in [3.05, 3.63) is 73.8 Å². The van der Waals surface area contributed by atoms with Gasteiger partial charge in [-0.2, -0.15) is 0 Å². The van der Waals surface area contributed by atoms with E-state index in [1.807, 2.05) is 54.3 Å². The van der Waals surface area contributed by atoms with Crippen LogP contribution >= 0.6 is 11.3 Å². The second-order valence-corrected chi connectivity index (χ2v) is 7.71. The Labute approximate surface area is 170 Å². The van der Waals surface area contributed by atoms with Gasteiger partial charge in [-0.1, -0.05) is 29.5 Å². The van der Waals surface area contributed by atoms with Crippen LogP contribution in [0.5, 0.6) is 5.75 Å². The zero-order chi connectivity index (χ0) is 20.0. The standard InChI is InChI=1S/C21H18N4O3S/c1-2-28-14-8-9-16-15(10-14)17(19(26)23-16)18-20(27)25-12-24(11-22-21(25)29-18)13-6-4-3-5-7-13/h3-10H,2,11-12H2,1H3,(H,23,26). The van der Waals surface area contributed by atoms with Crippen molar-refractivity contribution < 1.29 is 9.53 Å². The molecule has 0 bridgehead atoms. The highest BCUT2D eigenvalue weighted by atomic mass is 32.1. The number of benzene rings is 2. The molecule has 1 aromatic heterocycles. The Kier molecular flexibility index (Phi) is 4.21. The van der Waals surface area contributed by atoms with Gasteiger partial charge in [-0.25, -0.2) is 4.99 Å². The van der Waals surface area contributed by atoms with E-state index in [-0.39, 0.29) is 11.5 Å². The molecular weight excluding hydrogens is 388 g/mol. The van der Waals surface area contributed by atoms with Gasteiger partial charge >= 0.3 is 0 Å². The van der Waals surface area contributed by atoms with Gasteiger partial charge in [-0.05, 0) is 37.3 Å². The largest absolute Gasteiger partial charge is 0.494 e. The summed E-state index contributed by atoms with van der Waals surface area (Å²) in [6.45, 7) is 3.30. The van der Waals surface area contributed by atoms with Crippen LogP contribution in [0.15, 0.2) is 58.3 Å². The smallest absolute Gasteiger partial charge is 0.272 e. The van der Waals surface area contributed by atoms with Gasteiger partial charge in [0.2, 0.25) is 0 Å². The molecule has 29 heavy (non-hydrogen) atoms. The van der Waals surface area contributed by atoms with Crippen LogP contribution in [0, 0.1) is 0 Å². The first-order valence-electron chi connectivity index (χ1n) is 9.32. The van der Waals surface area contributed by atoms with Crippen LogP contribution in [0.2, 0.25) is 0 Å². The van der Waals surface area contributed by atoms with Crippen molar-refractivity contribution in [3.63, 3.8) is 0 Å². The zero-order valence-corrected chi connectivity index (χ0v) is 16.5. The highest BCUT2D eigenvalue weighted by molar-refractivity contribution is 7.07. The van der Waals surface area contributed by atoms with Crippen LogP contribution in [0.25, 0.3) is 5.57 Å². The molecule has 3 aromatic rings. The molecule has 5 rings (SSSR count). The Bertz CT molecular complexity index is 1290. The molecule has 146 valence electrons. The molecule has 0 atom stereocenters. The van der Waals surface area contributed by atoms with Crippen LogP contribution in [-0.4, -0.2) is 23.7 Å². The van der Waals surface area contributed by atoms with E-state index in [0.29, 0.717) is 51.9 Å². The fraction of sp³-hybridized carbons (Fsp3) is 0.190. The summed E-state index contributed by atoms with van der Waals surface area (Å²) in [6.07, 6.45) is 0. The molecule has 3 heterocycles. The number of amides is 1. The van der Waals surface area contributed by atoms with E-state index < -0.39 is 0 Å². The quantitative estimate of drug-likeness (QED) is 0.716. The lowest BCUT2D eigenvalue weighted by Gasteiger charge is -2.25. The highest BCUT2D eigenvalue weighted by Crippen LogP contribution is 2.33. The SMILES string of the molecule is CCOc1ccc2c(c1)C(=c1sc3n(c1=O)CN(c1ccccc1)CN=3)C(=O)N2. The number of hydrogen-bond acceptors (Lipinski definition) is 6. The third-order valence-corrected chi connectivity index (χ3v) is 6.06. The molecule has 1 N–H and O–H groups in total. The number of carbonyl (C=O) groups excluding carboxylic acids is 1. The van der Waals surface area contributed by atoms with Crippen LogP contribution in [0.4, 0.5) is 11.4 Å². The minimum Gasteiger partial charge on any atom is -0.494 e. The van der Waals surface area contributed by atoms with E-state index in [1.165, 1.54) is 11.3 Å². The van der Waals surface area contributed by atoms with Crippen molar-refractivity contribution in [1.82, 2.24) is 4.57 Å². The molecule has 2 aliphatic heterocycles. The average Bonchev–Trinajstić information content (AvgIpc) is 3.24. The number of fused-ring (bicyclic) bond motifs is 2. The minimum atomic E-state index is -0.273. The average molecular weight is 406 g/mol. The third-order valence-electron chi connectivity index (χ3n) is 4.95. The predicted molar refractivity (Wildman–Crippen MR) is 112 cm³/mol. The maximum absolute atomic E-state index is 13.2. The predicted octanol–water partition coefficient (Wildman–Crippen LogP) is 1.51. The first kappa shape index (κ1) is 17.7. The number of hydrogen-bond donors (Lipinski definition) is 1. The van der Waals surface area contributed by atoms with Crippen LogP contribution < -0.4 is 29.8 Å². The second-order valence-electron chi connectivity index (χ2n) is 6.73. The maximum atomic E-state index is 13.2. The third kappa shape index (κ3) is 2.92. The second kappa shape index (κ2) is 6.89. The molecule has 0 aliphatic carbocycles. The van der Waals surface area contributed by atoms with E-state index in [4.69, 9.17) is 4.74 Å². The number of anilines is 2. The van der Waals surface area contributed by atoms with Crippen LogP contribution in [0.3, 0.4) is 0 Å². The van der Waals surface area contributed by atoms with Gasteiger partial charge in [0.15, 0.2) is 4.80 Å². The van der Waals surface area contributed by atoms with Gasteiger partial charge in [0.25, 0.3) is 11.5 Å². The Balaban J connectivity index is 1.64. The maximum Gasteiger partial charge on any atom is 0.272 e. The van der Waals surface area contributed by atoms with Crippen LogP contribution in [0.1, 0.15) is 12.5 Å². The number of ether oxygens (including phenoxy) is 1. The van der Waals surface area contributed by atoms with Gasteiger partial charge in [-0.3, -0.25) is 14.2 Å². The van der Waals surface area contributed by atoms with Gasteiger partial charge in [0, 0.05) is 16.9 Å². The van der Waals surface area contributed by atoms with Gasteiger partial charge in [0.1, 0.15) is 23.6 Å². The fourth-order valence-corrected chi connectivity index (χ4v) is 4.65. The molecule has 0 saturated carbocycles. The number of nitrogens with one attached hydrogen (secondary N) is 1. The van der Waals surface area contributed by atoms with Gasteiger partial charge in [-0.15, -0.1) is 0 Å². The molecule has 0 radical (unpaired) electrons. The summed E-state index contributed by atoms with van der Waals surface area (Å²) in [5.74, 6) is 0.395. The van der Waals surface area contributed by atoms with Crippen LogP contribution in [-0.2, 0) is 11.5 Å². The Morgan fingerprint density at radius 3 is 2.79 bits per heavy atom. The lowest BCUT2D eigenvalue weighted by molar-refractivity contribution is -0.110. The van der Waals surface area contributed by atoms with E-state index in [1.54, 1.807) is 10.6 Å². The van der Waals surface area contributed by atoms with E-state index in [9.17, 15) is 9.59 Å². The molecule has 0 spiro atoms. The number of carbonyl (C=O) groups is 1. The molecule has 2 aromatic carbocycles. The molecule has 0 saturated heterocycles. The summed E-state index contributed by atoms with van der Waals surface area (Å²) in [5.41, 5.74) is 2.57. The number of para-hydroxylation sites is 1. The number of thiazole rings is 1. The van der Waals surface area contributed by atoms with E-state index >= 15 is 0 Å². The summed E-state index contributed by atoms with van der Waals surface area (Å²) >= 11 is 1.26. The Morgan fingerprint density at radius 1 is 1.17 bits per heavy atom. The van der Waals surface area contributed by atoms with E-state index in [2.05, 4.69) is 10.3 Å². The van der Waals surface area contributed by atoms with Crippen molar-refractivity contribution in [2.24, 2.45) is 4.99 Å². The number of nitrogens with zero attached hydrogens (tertiary/aromatic N) is 3. The van der Waals surface area contributed by atoms with Crippen molar-refractivity contribution in [1.29, 1.82) is 0 Å². The summed E-state index contributed by atoms with van der Waals surface area (Å²) in [4.78, 5) is 33.1. The normalized spacial score (nSPS) is 16.7. The summed E-state index contributed by atoms with van der Waals surface area (Å²) in [5, 5.41) is 2.84. The summed E-state index contributed by atoms with van der Waals surface area (Å²) in [6, 6.07) is 15.3. The first-order valence-corrected chi connectivity index (χ1v) is 10.1. The number of aromatic nitrogens is 1. The minimum absolute atomic E-state index is 0.200. The number of rotatable bonds is 3. The highest BCUT2D eigenvalue weighted by Gasteiger charge is 2.28. The lowest BCUT2D eigenvalue weighted by atomic mass is 10.1. The monoisotopic (exact) mass is 406 g/mol. The molecule has 2 aliphatic rings. The molecular formula is C21H18N4O3S. The molecule has 1 amide bonds. The molecule has 7 nitrogen and oxygen atoms in total. The Hall–Kier alpha value is -3.39. The fourth-order valence-electron chi connectivity index (χ4n) is 3.59. The van der Waals surface area contributed by atoms with E-state index in [0.717, 1.165) is 5.69 Å². The molecule has 8 heteroatoms. The van der Waals surface area contributed by atoms with Gasteiger partial charge in [0.05, 0.1) is 12.2 Å². The first-order chi connectivity index (χ1) is 14.2. The van der Waals surface area contributed by atoms with Gasteiger partial charge < -0.3 is 15.0 Å². The van der Waals surface area contributed by atoms with Crippen molar-refractivity contribution in [3.8, 4) is 5.75 Å². The Morgan fingerprint density at radius 2 is 2.00 bits per heavy atom. The zero-order valence-electron chi connectivity index (χ0n) is 15.7. The molecule has 0 unspecified atom stereocenters. The summed E-state index contributed by atoms with van der Waals surface area (Å²) in [7, 11) is 0. The van der Waals surface area contributed by atoms with Crippen molar-refractivity contribution >= 4 is 34.2 Å². The van der Waals surface area contributed by atoms with Crippen molar-refractivity contribution in [2.75, 3.05) is 23.5 Å². The topological polar surface area (TPSA) is 75.9 Å². The summed E-state index contributed by atoms with van der Waals surface area (Å²) < 4.78 is 7.60. The molecule has 0 fully saturated rings. The lowest BCUT2D eigenvalue weighted by Crippen LogP contribution is -2.43.